The maximum atomic E-state index is 12.6. The van der Waals surface area contributed by atoms with Crippen molar-refractivity contribution in [2.45, 2.75) is 53.4 Å². The lowest BCUT2D eigenvalue weighted by Gasteiger charge is -2.20. The number of carbonyl (C=O) groups is 2. The van der Waals surface area contributed by atoms with Crippen LogP contribution in [0.5, 0.6) is 0 Å². The minimum Gasteiger partial charge on any atom is -0.478 e. The van der Waals surface area contributed by atoms with E-state index >= 15 is 0 Å². The van der Waals surface area contributed by atoms with E-state index in [4.69, 9.17) is 0 Å². The first kappa shape index (κ1) is 26.7. The molecule has 0 bridgehead atoms. The van der Waals surface area contributed by atoms with Gasteiger partial charge in [-0.1, -0.05) is 27.7 Å². The first-order valence-corrected chi connectivity index (χ1v) is 12.9. The summed E-state index contributed by atoms with van der Waals surface area (Å²) in [5, 5.41) is 21.5. The highest BCUT2D eigenvalue weighted by Gasteiger charge is 2.22. The molecule has 1 heterocycles. The topological polar surface area (TPSA) is 96.9 Å². The molecule has 0 saturated heterocycles. The maximum Gasteiger partial charge on any atom is 0.336 e. The number of nitrogens with one attached hydrogen (secondary N) is 1. The van der Waals surface area contributed by atoms with Crippen molar-refractivity contribution in [3.63, 3.8) is 0 Å². The largest absolute Gasteiger partial charge is 0.478 e. The van der Waals surface area contributed by atoms with E-state index < -0.39 is 11.9 Å². The van der Waals surface area contributed by atoms with Crippen LogP contribution in [0, 0.1) is 0 Å². The van der Waals surface area contributed by atoms with Crippen LogP contribution in [0.25, 0.3) is 21.8 Å². The van der Waals surface area contributed by atoms with Gasteiger partial charge in [-0.2, -0.15) is 0 Å². The quantitative estimate of drug-likeness (QED) is 0.290. The summed E-state index contributed by atoms with van der Waals surface area (Å²) >= 11 is 0. The second-order valence-corrected chi connectivity index (χ2v) is 9.07. The smallest absolute Gasteiger partial charge is 0.336 e. The predicted molar refractivity (Wildman–Crippen MR) is 142 cm³/mol. The number of fused-ring (bicyclic) bond motifs is 3. The summed E-state index contributed by atoms with van der Waals surface area (Å²) in [6.07, 6.45) is 3.05. The van der Waals surface area contributed by atoms with Gasteiger partial charge in [0, 0.05) is 16.3 Å². The Morgan fingerprint density at radius 1 is 0.800 bits per heavy atom. The van der Waals surface area contributed by atoms with Gasteiger partial charge in [0.05, 0.1) is 16.6 Å². The summed E-state index contributed by atoms with van der Waals surface area (Å²) in [5.41, 5.74) is 3.93. The van der Waals surface area contributed by atoms with E-state index in [2.05, 4.69) is 42.5 Å². The summed E-state index contributed by atoms with van der Waals surface area (Å²) in [7, 11) is 0. The molecular formula is C28H39N3O4. The lowest BCUT2D eigenvalue weighted by Crippen LogP contribution is -2.25. The van der Waals surface area contributed by atoms with Gasteiger partial charge in [0.2, 0.25) is 0 Å². The summed E-state index contributed by atoms with van der Waals surface area (Å²) in [6.45, 7) is 14.2. The molecule has 2 aromatic carbocycles. The third-order valence-corrected chi connectivity index (χ3v) is 7.15. The first-order valence-electron chi connectivity index (χ1n) is 12.9. The van der Waals surface area contributed by atoms with Crippen molar-refractivity contribution in [2.24, 2.45) is 0 Å². The lowest BCUT2D eigenvalue weighted by atomic mass is 9.91. The minimum atomic E-state index is -0.970. The molecule has 3 rings (SSSR count). The molecule has 0 saturated carbocycles. The number of carboxylic acid groups (broad SMARTS) is 2. The van der Waals surface area contributed by atoms with Crippen molar-refractivity contribution in [1.82, 2.24) is 14.8 Å². The van der Waals surface area contributed by atoms with Crippen LogP contribution in [0.2, 0.25) is 0 Å². The Morgan fingerprint density at radius 3 is 1.94 bits per heavy atom. The third-order valence-electron chi connectivity index (χ3n) is 7.15. The van der Waals surface area contributed by atoms with Gasteiger partial charge in [-0.3, -0.25) is 0 Å². The number of hydrogen-bond acceptors (Lipinski definition) is 4. The van der Waals surface area contributed by atoms with Gasteiger partial charge in [-0.25, -0.2) is 9.59 Å². The number of rotatable bonds is 14. The molecule has 0 aliphatic rings. The Hall–Kier alpha value is -2.90. The fourth-order valence-electron chi connectivity index (χ4n) is 5.06. The SMILES string of the molecule is CCN(CC)CCCc1cc2c([nH]c3ccc(C(=O)O)cc32)c(CCCN(CC)CC)c1C(=O)O. The number of H-pyrrole nitrogens is 1. The predicted octanol–water partition coefficient (Wildman–Crippen LogP) is 5.27. The second-order valence-electron chi connectivity index (χ2n) is 9.07. The van der Waals surface area contributed by atoms with Crippen LogP contribution in [0.4, 0.5) is 0 Å². The molecule has 3 N–H and O–H groups in total. The van der Waals surface area contributed by atoms with E-state index in [1.165, 1.54) is 0 Å². The average Bonchev–Trinajstić information content (AvgIpc) is 3.21. The highest BCUT2D eigenvalue weighted by molar-refractivity contribution is 6.12. The summed E-state index contributed by atoms with van der Waals surface area (Å²) in [4.78, 5) is 32.3. The van der Waals surface area contributed by atoms with Gasteiger partial charge in [0.1, 0.15) is 0 Å². The molecule has 0 fully saturated rings. The van der Waals surface area contributed by atoms with Crippen molar-refractivity contribution >= 4 is 33.7 Å². The van der Waals surface area contributed by atoms with Crippen molar-refractivity contribution in [3.8, 4) is 0 Å². The zero-order valence-corrected chi connectivity index (χ0v) is 21.5. The molecule has 0 amide bonds. The number of aryl methyl sites for hydroxylation is 2. The maximum absolute atomic E-state index is 12.6. The van der Waals surface area contributed by atoms with Gasteiger partial charge in [-0.05, 0) is 100 Å². The first-order chi connectivity index (χ1) is 16.8. The molecule has 3 aromatic rings. The zero-order chi connectivity index (χ0) is 25.5. The van der Waals surface area contributed by atoms with Crippen molar-refractivity contribution in [1.29, 1.82) is 0 Å². The lowest BCUT2D eigenvalue weighted by molar-refractivity contribution is 0.0685. The number of aromatic amines is 1. The molecule has 7 nitrogen and oxygen atoms in total. The number of carboxylic acids is 2. The second kappa shape index (κ2) is 12.2. The van der Waals surface area contributed by atoms with Crippen molar-refractivity contribution in [3.05, 3.63) is 46.5 Å². The normalized spacial score (nSPS) is 11.8. The average molecular weight is 482 g/mol. The summed E-state index contributed by atoms with van der Waals surface area (Å²) in [5.74, 6) is -1.87. The number of hydrogen-bond donors (Lipinski definition) is 3. The van der Waals surface area contributed by atoms with Gasteiger partial charge in [-0.15, -0.1) is 0 Å². The Kier molecular flexibility index (Phi) is 9.29. The molecular weight excluding hydrogens is 442 g/mol. The standard InChI is InChI=1S/C28H39N3O4/c1-5-30(6-2)15-9-11-19-17-23-22-18-20(27(32)33)13-14-24(22)29-26(23)21(25(19)28(34)35)12-10-16-31(7-3)8-4/h13-14,17-18,29H,5-12,15-16H2,1-4H3,(H,32,33)(H,34,35). The van der Waals surface area contributed by atoms with E-state index in [1.807, 2.05) is 6.07 Å². The van der Waals surface area contributed by atoms with Crippen LogP contribution in [-0.4, -0.2) is 76.2 Å². The fourth-order valence-corrected chi connectivity index (χ4v) is 5.06. The van der Waals surface area contributed by atoms with Gasteiger partial charge >= 0.3 is 11.9 Å². The Labute approximate surface area is 207 Å². The molecule has 190 valence electrons. The zero-order valence-electron chi connectivity index (χ0n) is 21.5. The van der Waals surface area contributed by atoms with Crippen molar-refractivity contribution in [2.75, 3.05) is 39.3 Å². The molecule has 0 aliphatic heterocycles. The van der Waals surface area contributed by atoms with Crippen LogP contribution < -0.4 is 0 Å². The van der Waals surface area contributed by atoms with E-state index in [-0.39, 0.29) is 5.56 Å². The van der Waals surface area contributed by atoms with Crippen LogP contribution >= 0.6 is 0 Å². The number of aromatic carboxylic acids is 2. The Balaban J connectivity index is 2.12. The van der Waals surface area contributed by atoms with E-state index in [1.54, 1.807) is 18.2 Å². The fraction of sp³-hybridized carbons (Fsp3) is 0.500. The molecule has 0 radical (unpaired) electrons. The summed E-state index contributed by atoms with van der Waals surface area (Å²) in [6, 6.07) is 7.03. The van der Waals surface area contributed by atoms with Crippen molar-refractivity contribution < 1.29 is 19.8 Å². The molecule has 0 atom stereocenters. The van der Waals surface area contributed by atoms with Gasteiger partial charge < -0.3 is 25.0 Å². The molecule has 1 aromatic heterocycles. The molecule has 7 heteroatoms. The van der Waals surface area contributed by atoms with Crippen LogP contribution in [-0.2, 0) is 12.8 Å². The highest BCUT2D eigenvalue weighted by Crippen LogP contribution is 2.34. The Bertz CT molecular complexity index is 1180. The molecule has 0 spiro atoms. The number of nitrogens with zero attached hydrogens (tertiary/aromatic N) is 2. The molecule has 0 unspecified atom stereocenters. The highest BCUT2D eigenvalue weighted by atomic mass is 16.4. The van der Waals surface area contributed by atoms with E-state index in [0.717, 1.165) is 85.0 Å². The number of aromatic nitrogens is 1. The monoisotopic (exact) mass is 481 g/mol. The van der Waals surface area contributed by atoms with Gasteiger partial charge in [0.15, 0.2) is 0 Å². The van der Waals surface area contributed by atoms with E-state index in [9.17, 15) is 19.8 Å². The summed E-state index contributed by atoms with van der Waals surface area (Å²) < 4.78 is 0. The van der Waals surface area contributed by atoms with Crippen LogP contribution in [0.1, 0.15) is 72.4 Å². The van der Waals surface area contributed by atoms with Gasteiger partial charge in [0.25, 0.3) is 0 Å². The number of benzene rings is 2. The third kappa shape index (κ3) is 6.03. The van der Waals surface area contributed by atoms with Crippen LogP contribution in [0.15, 0.2) is 24.3 Å². The van der Waals surface area contributed by atoms with Crippen LogP contribution in [0.3, 0.4) is 0 Å². The molecule has 0 aliphatic carbocycles. The minimum absolute atomic E-state index is 0.229. The Morgan fingerprint density at radius 2 is 1.40 bits per heavy atom. The van der Waals surface area contributed by atoms with E-state index in [0.29, 0.717) is 18.4 Å². The molecule has 35 heavy (non-hydrogen) atoms.